The van der Waals surface area contributed by atoms with Gasteiger partial charge in [0.1, 0.15) is 6.04 Å². The Morgan fingerprint density at radius 3 is 2.93 bits per heavy atom. The molecule has 2 aromatic rings. The van der Waals surface area contributed by atoms with Gasteiger partial charge in [-0.05, 0) is 56.2 Å². The van der Waals surface area contributed by atoms with Crippen molar-refractivity contribution in [3.63, 3.8) is 0 Å². The fourth-order valence-corrected chi connectivity index (χ4v) is 6.71. The first kappa shape index (κ1) is 18.2. The molecule has 2 fully saturated rings. The van der Waals surface area contributed by atoms with Crippen molar-refractivity contribution in [1.29, 1.82) is 0 Å². The number of amides is 2. The molecule has 28 heavy (non-hydrogen) atoms. The van der Waals surface area contributed by atoms with E-state index in [4.69, 9.17) is 0 Å². The van der Waals surface area contributed by atoms with Crippen LogP contribution >= 0.6 is 23.1 Å². The number of carbonyl (C=O) groups excluding carboxylic acids is 2. The molecule has 2 amide bonds. The van der Waals surface area contributed by atoms with Gasteiger partial charge in [-0.15, -0.1) is 23.1 Å². The van der Waals surface area contributed by atoms with Gasteiger partial charge >= 0.3 is 0 Å². The average molecular weight is 414 g/mol. The molecular weight excluding hydrogens is 390 g/mol. The Morgan fingerprint density at radius 1 is 1.25 bits per heavy atom. The normalized spacial score (nSPS) is 26.2. The molecule has 1 unspecified atom stereocenters. The molecule has 1 N–H and O–H groups in total. The minimum absolute atomic E-state index is 0.0848. The Kier molecular flexibility index (Phi) is 4.47. The summed E-state index contributed by atoms with van der Waals surface area (Å²) in [6.07, 6.45) is 6.19. The number of thiazole rings is 1. The number of hydrogen-bond acceptors (Lipinski definition) is 5. The second kappa shape index (κ2) is 6.88. The van der Waals surface area contributed by atoms with Crippen LogP contribution in [0.5, 0.6) is 0 Å². The number of nitrogens with zero attached hydrogens (tertiary/aromatic N) is 2. The van der Waals surface area contributed by atoms with Crippen LogP contribution in [-0.2, 0) is 22.4 Å². The Labute approximate surface area is 172 Å². The van der Waals surface area contributed by atoms with Gasteiger partial charge < -0.3 is 10.2 Å². The molecule has 2 atom stereocenters. The van der Waals surface area contributed by atoms with Gasteiger partial charge in [-0.3, -0.25) is 9.59 Å². The van der Waals surface area contributed by atoms with Crippen LogP contribution in [0.4, 0.5) is 5.13 Å². The molecular formula is C21H23N3O2S2. The number of fused-ring (bicyclic) bond motifs is 2. The van der Waals surface area contributed by atoms with Gasteiger partial charge in [0.15, 0.2) is 5.13 Å². The first-order chi connectivity index (χ1) is 13.5. The minimum atomic E-state index is -0.402. The predicted molar refractivity (Wildman–Crippen MR) is 114 cm³/mol. The number of hydrogen-bond donors (Lipinski definition) is 1. The van der Waals surface area contributed by atoms with E-state index in [0.717, 1.165) is 24.1 Å². The van der Waals surface area contributed by atoms with E-state index < -0.39 is 6.04 Å². The van der Waals surface area contributed by atoms with E-state index in [0.29, 0.717) is 17.3 Å². The first-order valence-electron chi connectivity index (χ1n) is 9.88. The van der Waals surface area contributed by atoms with Gasteiger partial charge in [0.25, 0.3) is 0 Å². The van der Waals surface area contributed by atoms with Gasteiger partial charge in [-0.25, -0.2) is 4.98 Å². The molecule has 3 heterocycles. The highest BCUT2D eigenvalue weighted by Crippen LogP contribution is 2.47. The maximum absolute atomic E-state index is 12.8. The Morgan fingerprint density at radius 2 is 2.07 bits per heavy atom. The first-order valence-corrected chi connectivity index (χ1v) is 11.7. The molecule has 1 aromatic carbocycles. The van der Waals surface area contributed by atoms with Crippen LogP contribution in [-0.4, -0.2) is 38.4 Å². The molecule has 0 saturated carbocycles. The third-order valence-electron chi connectivity index (χ3n) is 6.13. The second-order valence-electron chi connectivity index (χ2n) is 7.98. The van der Waals surface area contributed by atoms with Gasteiger partial charge in [-0.2, -0.15) is 0 Å². The summed E-state index contributed by atoms with van der Waals surface area (Å²) in [5, 5.41) is 5.54. The smallest absolute Gasteiger partial charge is 0.249 e. The average Bonchev–Trinajstić information content (AvgIpc) is 3.37. The van der Waals surface area contributed by atoms with Crippen LogP contribution in [0, 0.1) is 0 Å². The Bertz CT molecular complexity index is 957. The number of aryl methyl sites for hydroxylation is 2. The molecule has 0 spiro atoms. The van der Waals surface area contributed by atoms with Gasteiger partial charge in [-0.1, -0.05) is 12.1 Å². The number of carbonyl (C=O) groups is 2. The van der Waals surface area contributed by atoms with Gasteiger partial charge in [0.05, 0.1) is 10.6 Å². The molecule has 146 valence electrons. The standard InChI is InChI=1S/C21H23N3O2S2/c1-21-9-8-18(25)24(21)17(12-28-21)19(26)23-20-22-16(11-27-20)15-7-6-13-4-2-3-5-14(13)10-15/h6-7,10-11,17H,2-5,8-9,12H2,1H3,(H,22,23,26)/t17?,21-/m0/s1. The molecule has 1 aromatic heterocycles. The quantitative estimate of drug-likeness (QED) is 0.824. The van der Waals surface area contributed by atoms with Crippen molar-refractivity contribution < 1.29 is 9.59 Å². The highest BCUT2D eigenvalue weighted by Gasteiger charge is 2.52. The van der Waals surface area contributed by atoms with E-state index in [1.165, 1.54) is 41.7 Å². The van der Waals surface area contributed by atoms with Crippen LogP contribution in [0.3, 0.4) is 0 Å². The molecule has 5 nitrogen and oxygen atoms in total. The lowest BCUT2D eigenvalue weighted by atomic mass is 9.90. The summed E-state index contributed by atoms with van der Waals surface area (Å²) in [7, 11) is 0. The van der Waals surface area contributed by atoms with Gasteiger partial charge in [0, 0.05) is 23.1 Å². The van der Waals surface area contributed by atoms with Gasteiger partial charge in [0.2, 0.25) is 11.8 Å². The summed E-state index contributed by atoms with van der Waals surface area (Å²) in [5.74, 6) is 0.608. The zero-order valence-corrected chi connectivity index (χ0v) is 17.5. The summed E-state index contributed by atoms with van der Waals surface area (Å²) in [6.45, 7) is 2.06. The summed E-state index contributed by atoms with van der Waals surface area (Å²) >= 11 is 3.15. The maximum Gasteiger partial charge on any atom is 0.249 e. The van der Waals surface area contributed by atoms with Crippen molar-refractivity contribution in [2.45, 2.75) is 56.4 Å². The minimum Gasteiger partial charge on any atom is -0.315 e. The molecule has 7 heteroatoms. The van der Waals surface area contributed by atoms with E-state index >= 15 is 0 Å². The van der Waals surface area contributed by atoms with Crippen LogP contribution in [0.15, 0.2) is 23.6 Å². The highest BCUT2D eigenvalue weighted by molar-refractivity contribution is 8.01. The van der Waals surface area contributed by atoms with Crippen LogP contribution in [0.2, 0.25) is 0 Å². The van der Waals surface area contributed by atoms with E-state index in [1.54, 1.807) is 16.7 Å². The number of benzene rings is 1. The predicted octanol–water partition coefficient (Wildman–Crippen LogP) is 4.08. The Hall–Kier alpha value is -1.86. The molecule has 2 saturated heterocycles. The second-order valence-corrected chi connectivity index (χ2v) is 10.3. The molecule has 1 aliphatic carbocycles. The zero-order valence-electron chi connectivity index (χ0n) is 15.9. The SMILES string of the molecule is C[C@]12CCC(=O)N1C(C(=O)Nc1nc(-c3ccc4c(c3)CCCC4)cs1)CS2. The van der Waals surface area contributed by atoms with Crippen LogP contribution in [0.1, 0.15) is 43.7 Å². The van der Waals surface area contributed by atoms with E-state index in [9.17, 15) is 9.59 Å². The van der Waals surface area contributed by atoms with Crippen molar-refractivity contribution in [3.05, 3.63) is 34.7 Å². The largest absolute Gasteiger partial charge is 0.315 e. The molecule has 0 radical (unpaired) electrons. The van der Waals surface area contributed by atoms with Crippen molar-refractivity contribution in [1.82, 2.24) is 9.88 Å². The third kappa shape index (κ3) is 3.05. The fraction of sp³-hybridized carbons (Fsp3) is 0.476. The summed E-state index contributed by atoms with van der Waals surface area (Å²) in [5.41, 5.74) is 4.89. The molecule has 5 rings (SSSR count). The summed E-state index contributed by atoms with van der Waals surface area (Å²) in [4.78, 5) is 31.3. The van der Waals surface area contributed by atoms with Crippen LogP contribution < -0.4 is 5.32 Å². The number of thioether (sulfide) groups is 1. The molecule has 3 aliphatic rings. The van der Waals surface area contributed by atoms with Crippen molar-refractivity contribution in [3.8, 4) is 11.3 Å². The monoisotopic (exact) mass is 413 g/mol. The van der Waals surface area contributed by atoms with E-state index in [2.05, 4.69) is 35.4 Å². The van der Waals surface area contributed by atoms with Crippen molar-refractivity contribution in [2.75, 3.05) is 11.1 Å². The summed E-state index contributed by atoms with van der Waals surface area (Å²) < 4.78 is 0. The topological polar surface area (TPSA) is 62.3 Å². The van der Waals surface area contributed by atoms with Crippen LogP contribution in [0.25, 0.3) is 11.3 Å². The lowest BCUT2D eigenvalue weighted by Crippen LogP contribution is -2.48. The van der Waals surface area contributed by atoms with Crippen molar-refractivity contribution >= 4 is 40.0 Å². The molecule has 2 aliphatic heterocycles. The number of anilines is 1. The number of aromatic nitrogens is 1. The molecule has 0 bridgehead atoms. The lowest BCUT2D eigenvalue weighted by molar-refractivity contribution is -0.135. The Balaban J connectivity index is 1.32. The maximum atomic E-state index is 12.8. The fourth-order valence-electron chi connectivity index (χ4n) is 4.56. The summed E-state index contributed by atoms with van der Waals surface area (Å²) in [6, 6.07) is 6.20. The van der Waals surface area contributed by atoms with Crippen molar-refractivity contribution in [2.24, 2.45) is 0 Å². The van der Waals surface area contributed by atoms with E-state index in [-0.39, 0.29) is 16.7 Å². The zero-order chi connectivity index (χ0) is 19.3. The lowest BCUT2D eigenvalue weighted by Gasteiger charge is -2.29. The highest BCUT2D eigenvalue weighted by atomic mass is 32.2. The number of nitrogens with one attached hydrogen (secondary N) is 1. The number of rotatable bonds is 3. The van der Waals surface area contributed by atoms with E-state index in [1.807, 2.05) is 5.38 Å². The third-order valence-corrected chi connectivity index (χ3v) is 8.39.